The van der Waals surface area contributed by atoms with E-state index in [9.17, 15) is 4.79 Å². The molecule has 0 bridgehead atoms. The summed E-state index contributed by atoms with van der Waals surface area (Å²) in [6.07, 6.45) is 0.723. The molecular formula is C16H25NO2S. The molecule has 3 nitrogen and oxygen atoms in total. The maximum Gasteiger partial charge on any atom is 0.326 e. The number of nitrogens with one attached hydrogen (secondary N) is 1. The fourth-order valence-electron chi connectivity index (χ4n) is 2.04. The molecule has 0 aliphatic carbocycles. The number of carbonyl (C=O) groups excluding carboxylic acids is 1. The Morgan fingerprint density at radius 1 is 1.40 bits per heavy atom. The predicted molar refractivity (Wildman–Crippen MR) is 85.2 cm³/mol. The van der Waals surface area contributed by atoms with Crippen LogP contribution in [0.4, 0.5) is 0 Å². The molecule has 0 fully saturated rings. The molecule has 0 aliphatic rings. The number of hydrogen-bond donors (Lipinski definition) is 1. The molecule has 0 heterocycles. The average Bonchev–Trinajstić information content (AvgIpc) is 2.41. The van der Waals surface area contributed by atoms with Crippen molar-refractivity contribution in [2.45, 2.75) is 49.8 Å². The molecule has 0 spiro atoms. The highest BCUT2D eigenvalue weighted by atomic mass is 32.2. The van der Waals surface area contributed by atoms with Crippen molar-refractivity contribution < 1.29 is 9.53 Å². The second kappa shape index (κ2) is 7.70. The number of carbonyl (C=O) groups is 1. The second-order valence-corrected chi connectivity index (χ2v) is 6.76. The zero-order chi connectivity index (χ0) is 15.2. The number of esters is 1. The molecule has 0 saturated heterocycles. The van der Waals surface area contributed by atoms with Crippen LogP contribution in [0.15, 0.2) is 29.2 Å². The smallest absolute Gasteiger partial charge is 0.326 e. The van der Waals surface area contributed by atoms with Crippen LogP contribution in [0, 0.1) is 6.92 Å². The molecule has 20 heavy (non-hydrogen) atoms. The lowest BCUT2D eigenvalue weighted by atomic mass is 9.96. The summed E-state index contributed by atoms with van der Waals surface area (Å²) < 4.78 is 5.15. The fourth-order valence-corrected chi connectivity index (χ4v) is 3.22. The van der Waals surface area contributed by atoms with Crippen LogP contribution in [0.2, 0.25) is 0 Å². The van der Waals surface area contributed by atoms with E-state index < -0.39 is 5.54 Å². The van der Waals surface area contributed by atoms with E-state index in [4.69, 9.17) is 4.74 Å². The second-order valence-electron chi connectivity index (χ2n) is 5.25. The van der Waals surface area contributed by atoms with Crippen LogP contribution in [-0.2, 0) is 9.53 Å². The summed E-state index contributed by atoms with van der Waals surface area (Å²) >= 11 is 1.78. The van der Waals surface area contributed by atoms with Gasteiger partial charge in [0.25, 0.3) is 0 Å². The first-order chi connectivity index (χ1) is 9.41. The summed E-state index contributed by atoms with van der Waals surface area (Å²) in [7, 11) is 1.81. The molecule has 1 rings (SSSR count). The minimum Gasteiger partial charge on any atom is -0.465 e. The van der Waals surface area contributed by atoms with Crippen molar-refractivity contribution in [3.8, 4) is 0 Å². The van der Waals surface area contributed by atoms with E-state index in [1.807, 2.05) is 13.8 Å². The third-order valence-electron chi connectivity index (χ3n) is 3.33. The molecule has 0 amide bonds. The molecule has 1 aromatic carbocycles. The Bertz CT molecular complexity index is 433. The first kappa shape index (κ1) is 17.1. The van der Waals surface area contributed by atoms with E-state index in [1.54, 1.807) is 18.8 Å². The molecule has 0 aromatic heterocycles. The van der Waals surface area contributed by atoms with Gasteiger partial charge in [-0.1, -0.05) is 24.6 Å². The normalized spacial score (nSPS) is 15.4. The van der Waals surface area contributed by atoms with Crippen molar-refractivity contribution in [1.82, 2.24) is 5.32 Å². The van der Waals surface area contributed by atoms with Crippen LogP contribution >= 0.6 is 11.8 Å². The van der Waals surface area contributed by atoms with E-state index in [1.165, 1.54) is 10.5 Å². The lowest BCUT2D eigenvalue weighted by Crippen LogP contribution is -2.50. The summed E-state index contributed by atoms with van der Waals surface area (Å²) in [6.45, 7) is 8.36. The van der Waals surface area contributed by atoms with E-state index in [2.05, 4.69) is 43.4 Å². The van der Waals surface area contributed by atoms with E-state index in [-0.39, 0.29) is 5.97 Å². The van der Waals surface area contributed by atoms with Gasteiger partial charge in [-0.25, -0.2) is 0 Å². The summed E-state index contributed by atoms with van der Waals surface area (Å²) in [5.41, 5.74) is 0.626. The molecule has 1 aromatic rings. The van der Waals surface area contributed by atoms with E-state index in [0.29, 0.717) is 11.9 Å². The van der Waals surface area contributed by atoms with Gasteiger partial charge >= 0.3 is 5.97 Å². The molecule has 0 aliphatic heterocycles. The highest BCUT2D eigenvalue weighted by molar-refractivity contribution is 7.99. The Kier molecular flexibility index (Phi) is 6.56. The Balaban J connectivity index is 2.65. The van der Waals surface area contributed by atoms with Gasteiger partial charge in [-0.2, -0.15) is 0 Å². The molecule has 0 radical (unpaired) electrons. The Morgan fingerprint density at radius 2 is 2.00 bits per heavy atom. The zero-order valence-corrected chi connectivity index (χ0v) is 13.8. The van der Waals surface area contributed by atoms with Gasteiger partial charge in [-0.3, -0.25) is 4.79 Å². The van der Waals surface area contributed by atoms with Crippen LogP contribution in [-0.4, -0.2) is 30.4 Å². The van der Waals surface area contributed by atoms with Gasteiger partial charge in [0.15, 0.2) is 0 Å². The molecular weight excluding hydrogens is 270 g/mol. The predicted octanol–water partition coefficient (Wildman–Crippen LogP) is 3.41. The van der Waals surface area contributed by atoms with Crippen LogP contribution in [0.1, 0.15) is 32.8 Å². The first-order valence-corrected chi connectivity index (χ1v) is 7.88. The van der Waals surface area contributed by atoms with Crippen LogP contribution in [0.5, 0.6) is 0 Å². The van der Waals surface area contributed by atoms with Crippen molar-refractivity contribution in [1.29, 1.82) is 0 Å². The van der Waals surface area contributed by atoms with Crippen LogP contribution in [0.3, 0.4) is 0 Å². The van der Waals surface area contributed by atoms with Crippen molar-refractivity contribution in [2.24, 2.45) is 0 Å². The standard InChI is InChI=1S/C16H25NO2S/c1-6-19-15(18)16(4,17-5)11-13(3)20-14-9-7-12(2)8-10-14/h7-10,13,17H,6,11H2,1-5H3. The third kappa shape index (κ3) is 4.84. The quantitative estimate of drug-likeness (QED) is 0.618. The first-order valence-electron chi connectivity index (χ1n) is 7.00. The molecule has 2 unspecified atom stereocenters. The minimum absolute atomic E-state index is 0.182. The van der Waals surface area contributed by atoms with Gasteiger partial charge in [0.1, 0.15) is 5.54 Å². The largest absolute Gasteiger partial charge is 0.465 e. The van der Waals surface area contributed by atoms with Crippen molar-refractivity contribution >= 4 is 17.7 Å². The highest BCUT2D eigenvalue weighted by Gasteiger charge is 2.34. The van der Waals surface area contributed by atoms with Gasteiger partial charge in [0, 0.05) is 10.1 Å². The minimum atomic E-state index is -0.632. The fraction of sp³-hybridized carbons (Fsp3) is 0.562. The van der Waals surface area contributed by atoms with Gasteiger partial charge in [-0.05, 0) is 46.4 Å². The number of aryl methyl sites for hydroxylation is 1. The SMILES string of the molecule is CCOC(=O)C(C)(CC(C)Sc1ccc(C)cc1)NC. The topological polar surface area (TPSA) is 38.3 Å². The Morgan fingerprint density at radius 3 is 2.50 bits per heavy atom. The van der Waals surface area contributed by atoms with Crippen LogP contribution in [0.25, 0.3) is 0 Å². The van der Waals surface area contributed by atoms with Gasteiger partial charge in [0.05, 0.1) is 6.61 Å². The lowest BCUT2D eigenvalue weighted by molar-refractivity contribution is -0.150. The molecule has 1 N–H and O–H groups in total. The summed E-state index contributed by atoms with van der Waals surface area (Å²) in [6, 6.07) is 8.46. The van der Waals surface area contributed by atoms with Gasteiger partial charge in [-0.15, -0.1) is 11.8 Å². The zero-order valence-electron chi connectivity index (χ0n) is 13.0. The Labute approximate surface area is 126 Å². The Hall–Kier alpha value is -1.00. The summed E-state index contributed by atoms with van der Waals surface area (Å²) in [5, 5.41) is 3.42. The number of benzene rings is 1. The van der Waals surface area contributed by atoms with Crippen molar-refractivity contribution in [2.75, 3.05) is 13.7 Å². The van der Waals surface area contributed by atoms with Crippen molar-refractivity contribution in [3.05, 3.63) is 29.8 Å². The molecule has 4 heteroatoms. The number of hydrogen-bond acceptors (Lipinski definition) is 4. The highest BCUT2D eigenvalue weighted by Crippen LogP contribution is 2.29. The maximum absolute atomic E-state index is 12.0. The molecule has 2 atom stereocenters. The maximum atomic E-state index is 12.0. The summed E-state index contributed by atoms with van der Waals surface area (Å²) in [5.74, 6) is -0.182. The number of likely N-dealkylation sites (N-methyl/N-ethyl adjacent to an activating group) is 1. The van der Waals surface area contributed by atoms with Crippen molar-refractivity contribution in [3.63, 3.8) is 0 Å². The molecule has 0 saturated carbocycles. The lowest BCUT2D eigenvalue weighted by Gasteiger charge is -2.29. The number of thioether (sulfide) groups is 1. The molecule has 112 valence electrons. The average molecular weight is 295 g/mol. The van der Waals surface area contributed by atoms with E-state index in [0.717, 1.165) is 6.42 Å². The van der Waals surface area contributed by atoms with E-state index >= 15 is 0 Å². The number of ether oxygens (including phenoxy) is 1. The van der Waals surface area contributed by atoms with Gasteiger partial charge < -0.3 is 10.1 Å². The monoisotopic (exact) mass is 295 g/mol. The third-order valence-corrected chi connectivity index (χ3v) is 4.45. The number of rotatable bonds is 7. The van der Waals surface area contributed by atoms with Gasteiger partial charge in [0.2, 0.25) is 0 Å². The van der Waals surface area contributed by atoms with Crippen LogP contribution < -0.4 is 5.32 Å². The summed E-state index contributed by atoms with van der Waals surface area (Å²) in [4.78, 5) is 13.3.